The van der Waals surface area contributed by atoms with Crippen molar-refractivity contribution in [2.45, 2.75) is 0 Å². The van der Waals surface area contributed by atoms with Crippen LogP contribution in [0.2, 0.25) is 5.15 Å². The Morgan fingerprint density at radius 2 is 1.87 bits per heavy atom. The molecule has 1 aromatic heterocycles. The number of hydrogen-bond donors (Lipinski definition) is 0. The van der Waals surface area contributed by atoms with Crippen molar-refractivity contribution < 1.29 is 4.79 Å². The van der Waals surface area contributed by atoms with E-state index in [0.717, 1.165) is 5.82 Å². The average molecular weight is 228 g/mol. The van der Waals surface area contributed by atoms with Gasteiger partial charge in [-0.25, -0.2) is 4.98 Å². The molecule has 0 aliphatic carbocycles. The third kappa shape index (κ3) is 2.59. The van der Waals surface area contributed by atoms with E-state index in [1.807, 2.05) is 19.0 Å². The molecule has 0 atom stereocenters. The third-order valence-corrected chi connectivity index (χ3v) is 2.22. The Hall–Kier alpha value is -1.29. The number of pyridine rings is 1. The predicted molar refractivity (Wildman–Crippen MR) is 61.6 cm³/mol. The highest BCUT2D eigenvalue weighted by Crippen LogP contribution is 2.18. The van der Waals surface area contributed by atoms with E-state index in [0.29, 0.717) is 5.56 Å². The number of aromatic nitrogens is 1. The summed E-state index contributed by atoms with van der Waals surface area (Å²) in [7, 11) is 7.09. The van der Waals surface area contributed by atoms with Crippen LogP contribution in [0.4, 0.5) is 5.82 Å². The van der Waals surface area contributed by atoms with Crippen molar-refractivity contribution in [1.82, 2.24) is 9.88 Å². The Kier molecular flexibility index (Phi) is 3.52. The number of anilines is 1. The topological polar surface area (TPSA) is 36.4 Å². The molecule has 0 N–H and O–H groups in total. The van der Waals surface area contributed by atoms with Crippen LogP contribution >= 0.6 is 11.6 Å². The second kappa shape index (κ2) is 4.49. The van der Waals surface area contributed by atoms with Gasteiger partial charge in [0.05, 0.1) is 5.56 Å². The first-order valence-corrected chi connectivity index (χ1v) is 4.87. The van der Waals surface area contributed by atoms with Gasteiger partial charge in [-0.15, -0.1) is 0 Å². The lowest BCUT2D eigenvalue weighted by Crippen LogP contribution is -2.22. The van der Waals surface area contributed by atoms with Gasteiger partial charge in [0.15, 0.2) is 0 Å². The summed E-state index contributed by atoms with van der Waals surface area (Å²) < 4.78 is 0. The van der Waals surface area contributed by atoms with Crippen molar-refractivity contribution >= 4 is 23.3 Å². The van der Waals surface area contributed by atoms with Crippen LogP contribution in [-0.2, 0) is 0 Å². The van der Waals surface area contributed by atoms with Crippen molar-refractivity contribution in [2.24, 2.45) is 0 Å². The second-order valence-corrected chi connectivity index (χ2v) is 3.96. The highest BCUT2D eigenvalue weighted by molar-refractivity contribution is 6.32. The summed E-state index contributed by atoms with van der Waals surface area (Å²) in [6.45, 7) is 0. The number of carbonyl (C=O) groups is 1. The molecule has 0 aliphatic heterocycles. The quantitative estimate of drug-likeness (QED) is 0.719. The molecule has 0 radical (unpaired) electrons. The van der Waals surface area contributed by atoms with Gasteiger partial charge in [-0.3, -0.25) is 4.79 Å². The van der Waals surface area contributed by atoms with E-state index < -0.39 is 0 Å². The number of amides is 1. The first-order chi connectivity index (χ1) is 6.93. The lowest BCUT2D eigenvalue weighted by Gasteiger charge is -2.14. The first-order valence-electron chi connectivity index (χ1n) is 4.49. The first kappa shape index (κ1) is 11.8. The van der Waals surface area contributed by atoms with Gasteiger partial charge < -0.3 is 9.80 Å². The number of nitrogens with zero attached hydrogens (tertiary/aromatic N) is 3. The fourth-order valence-electron chi connectivity index (χ4n) is 1.07. The number of halogens is 1. The highest BCUT2D eigenvalue weighted by atomic mass is 35.5. The largest absolute Gasteiger partial charge is 0.363 e. The zero-order chi connectivity index (χ0) is 11.6. The van der Waals surface area contributed by atoms with E-state index in [9.17, 15) is 4.79 Å². The summed E-state index contributed by atoms with van der Waals surface area (Å²) in [6, 6.07) is 3.45. The number of hydrogen-bond acceptors (Lipinski definition) is 3. The Balaban J connectivity index is 3.08. The van der Waals surface area contributed by atoms with E-state index >= 15 is 0 Å². The van der Waals surface area contributed by atoms with Crippen molar-refractivity contribution in [3.05, 3.63) is 22.8 Å². The molecule has 82 valence electrons. The lowest BCUT2D eigenvalue weighted by atomic mass is 10.2. The van der Waals surface area contributed by atoms with E-state index in [2.05, 4.69) is 4.98 Å². The molecule has 15 heavy (non-hydrogen) atoms. The van der Waals surface area contributed by atoms with Gasteiger partial charge in [0.1, 0.15) is 11.0 Å². The minimum atomic E-state index is -0.141. The standard InChI is InChI=1S/C10H14ClN3O/c1-13(2)8-6-5-7(9(11)12-8)10(15)14(3)4/h5-6H,1-4H3. The zero-order valence-electron chi connectivity index (χ0n) is 9.28. The molecule has 4 nitrogen and oxygen atoms in total. The zero-order valence-corrected chi connectivity index (χ0v) is 10.0. The van der Waals surface area contributed by atoms with Crippen LogP contribution in [-0.4, -0.2) is 44.0 Å². The normalized spacial score (nSPS) is 9.93. The summed E-state index contributed by atoms with van der Waals surface area (Å²) in [5.41, 5.74) is 0.423. The molecule has 1 aromatic rings. The fraction of sp³-hybridized carbons (Fsp3) is 0.400. The monoisotopic (exact) mass is 227 g/mol. The molecule has 0 bridgehead atoms. The van der Waals surface area contributed by atoms with Crippen LogP contribution in [0.15, 0.2) is 12.1 Å². The van der Waals surface area contributed by atoms with Gasteiger partial charge in [0.25, 0.3) is 5.91 Å². The van der Waals surface area contributed by atoms with Crippen LogP contribution in [0.25, 0.3) is 0 Å². The SMILES string of the molecule is CN(C)C(=O)c1ccc(N(C)C)nc1Cl. The van der Waals surface area contributed by atoms with Crippen LogP contribution in [0.3, 0.4) is 0 Å². The smallest absolute Gasteiger partial charge is 0.256 e. The molecule has 0 spiro atoms. The second-order valence-electron chi connectivity index (χ2n) is 3.60. The molecule has 0 aromatic carbocycles. The molecule has 0 saturated heterocycles. The minimum Gasteiger partial charge on any atom is -0.363 e. The lowest BCUT2D eigenvalue weighted by molar-refractivity contribution is 0.0827. The Morgan fingerprint density at radius 1 is 1.27 bits per heavy atom. The maximum Gasteiger partial charge on any atom is 0.256 e. The molecule has 0 unspecified atom stereocenters. The van der Waals surface area contributed by atoms with Gasteiger partial charge >= 0.3 is 0 Å². The average Bonchev–Trinajstić information content (AvgIpc) is 2.16. The van der Waals surface area contributed by atoms with Crippen molar-refractivity contribution in [1.29, 1.82) is 0 Å². The summed E-state index contributed by atoms with van der Waals surface area (Å²) in [5.74, 6) is 0.591. The summed E-state index contributed by atoms with van der Waals surface area (Å²) in [6.07, 6.45) is 0. The van der Waals surface area contributed by atoms with Gasteiger partial charge in [-0.05, 0) is 12.1 Å². The van der Waals surface area contributed by atoms with E-state index in [1.54, 1.807) is 26.2 Å². The van der Waals surface area contributed by atoms with Crippen LogP contribution in [0, 0.1) is 0 Å². The molecule has 5 heteroatoms. The maximum absolute atomic E-state index is 11.6. The van der Waals surface area contributed by atoms with Crippen LogP contribution in [0.1, 0.15) is 10.4 Å². The molecule has 0 aliphatic rings. The van der Waals surface area contributed by atoms with Gasteiger partial charge in [-0.1, -0.05) is 11.6 Å². The predicted octanol–water partition coefficient (Wildman–Crippen LogP) is 1.50. The molecule has 1 rings (SSSR count). The van der Waals surface area contributed by atoms with Crippen molar-refractivity contribution in [3.63, 3.8) is 0 Å². The molecular formula is C10H14ClN3O. The molecule has 0 fully saturated rings. The van der Waals surface area contributed by atoms with Crippen LogP contribution in [0.5, 0.6) is 0 Å². The molecule has 0 saturated carbocycles. The number of carbonyl (C=O) groups excluding carboxylic acids is 1. The summed E-state index contributed by atoms with van der Waals surface area (Å²) in [5, 5.41) is 0.236. The van der Waals surface area contributed by atoms with Crippen molar-refractivity contribution in [3.8, 4) is 0 Å². The van der Waals surface area contributed by atoms with Gasteiger partial charge in [-0.2, -0.15) is 0 Å². The highest BCUT2D eigenvalue weighted by Gasteiger charge is 2.14. The molecular weight excluding hydrogens is 214 g/mol. The van der Waals surface area contributed by atoms with Gasteiger partial charge in [0, 0.05) is 28.2 Å². The van der Waals surface area contributed by atoms with E-state index in [-0.39, 0.29) is 11.1 Å². The van der Waals surface area contributed by atoms with E-state index in [1.165, 1.54) is 4.90 Å². The Labute approximate surface area is 94.5 Å². The van der Waals surface area contributed by atoms with E-state index in [4.69, 9.17) is 11.6 Å². The Bertz CT molecular complexity index is 377. The number of rotatable bonds is 2. The fourth-order valence-corrected chi connectivity index (χ4v) is 1.30. The van der Waals surface area contributed by atoms with Crippen molar-refractivity contribution in [2.75, 3.05) is 33.1 Å². The third-order valence-electron chi connectivity index (χ3n) is 1.93. The Morgan fingerprint density at radius 3 is 2.27 bits per heavy atom. The maximum atomic E-state index is 11.6. The van der Waals surface area contributed by atoms with Gasteiger partial charge in [0.2, 0.25) is 0 Å². The molecule has 1 amide bonds. The molecule has 1 heterocycles. The van der Waals surface area contributed by atoms with Crippen LogP contribution < -0.4 is 4.90 Å². The summed E-state index contributed by atoms with van der Waals surface area (Å²) in [4.78, 5) is 19.1. The summed E-state index contributed by atoms with van der Waals surface area (Å²) >= 11 is 5.93. The minimum absolute atomic E-state index is 0.141.